The van der Waals surface area contributed by atoms with Gasteiger partial charge in [0, 0.05) is 6.61 Å². The Labute approximate surface area is 94.8 Å². The Kier molecular flexibility index (Phi) is 7.03. The summed E-state index contributed by atoms with van der Waals surface area (Å²) in [7, 11) is 0. The fourth-order valence-electron chi connectivity index (χ4n) is 2.13. The molecule has 0 radical (unpaired) electrons. The molecule has 90 valence electrons. The molecule has 1 unspecified atom stereocenters. The molecule has 1 saturated heterocycles. The molecule has 0 amide bonds. The van der Waals surface area contributed by atoms with E-state index in [1.54, 1.807) is 0 Å². The molecule has 0 bridgehead atoms. The van der Waals surface area contributed by atoms with Gasteiger partial charge in [0.1, 0.15) is 0 Å². The summed E-state index contributed by atoms with van der Waals surface area (Å²) < 4.78 is 5.99. The summed E-state index contributed by atoms with van der Waals surface area (Å²) in [5.74, 6) is 0.792. The zero-order valence-corrected chi connectivity index (χ0v) is 10.4. The van der Waals surface area contributed by atoms with Gasteiger partial charge in [-0.25, -0.2) is 0 Å². The average Bonchev–Trinajstić information content (AvgIpc) is 2.31. The highest BCUT2D eigenvalue weighted by Crippen LogP contribution is 2.16. The Morgan fingerprint density at radius 3 is 2.60 bits per heavy atom. The van der Waals surface area contributed by atoms with Crippen LogP contribution in [0.4, 0.5) is 0 Å². The predicted octanol–water partition coefficient (Wildman–Crippen LogP) is 2.97. The number of hydrogen-bond donors (Lipinski definition) is 1. The van der Waals surface area contributed by atoms with Crippen LogP contribution in [0, 0.1) is 5.92 Å². The summed E-state index contributed by atoms with van der Waals surface area (Å²) in [5.41, 5.74) is 0. The lowest BCUT2D eigenvalue weighted by molar-refractivity contribution is 0.00911. The van der Waals surface area contributed by atoms with Crippen molar-refractivity contribution in [3.63, 3.8) is 0 Å². The highest BCUT2D eigenvalue weighted by atomic mass is 16.5. The molecule has 2 nitrogen and oxygen atoms in total. The Bertz CT molecular complexity index is 143. The van der Waals surface area contributed by atoms with Crippen LogP contribution in [0.15, 0.2) is 0 Å². The zero-order chi connectivity index (χ0) is 10.9. The number of rotatable bonds is 7. The highest BCUT2D eigenvalue weighted by Gasteiger charge is 2.15. The number of piperidine rings is 1. The molecule has 0 aromatic heterocycles. The molecule has 1 heterocycles. The van der Waals surface area contributed by atoms with Gasteiger partial charge in [-0.3, -0.25) is 0 Å². The van der Waals surface area contributed by atoms with E-state index in [0.29, 0.717) is 6.10 Å². The van der Waals surface area contributed by atoms with Gasteiger partial charge in [-0.2, -0.15) is 0 Å². The smallest absolute Gasteiger partial charge is 0.0599 e. The van der Waals surface area contributed by atoms with Crippen molar-refractivity contribution in [3.8, 4) is 0 Å². The molecule has 0 aliphatic carbocycles. The first-order valence-electron chi connectivity index (χ1n) is 6.69. The molecule has 2 heteroatoms. The van der Waals surface area contributed by atoms with Crippen molar-refractivity contribution in [1.82, 2.24) is 5.32 Å². The van der Waals surface area contributed by atoms with E-state index >= 15 is 0 Å². The van der Waals surface area contributed by atoms with Gasteiger partial charge in [0.05, 0.1) is 6.10 Å². The first-order chi connectivity index (χ1) is 7.36. The molecule has 15 heavy (non-hydrogen) atoms. The van der Waals surface area contributed by atoms with E-state index in [0.717, 1.165) is 25.6 Å². The van der Waals surface area contributed by atoms with E-state index < -0.39 is 0 Å². The molecular formula is C13H27NO. The summed E-state index contributed by atoms with van der Waals surface area (Å²) in [6.45, 7) is 7.81. The van der Waals surface area contributed by atoms with Gasteiger partial charge in [-0.05, 0) is 38.3 Å². The quantitative estimate of drug-likeness (QED) is 0.702. The maximum absolute atomic E-state index is 5.99. The molecule has 1 atom stereocenters. The summed E-state index contributed by atoms with van der Waals surface area (Å²) in [6, 6.07) is 0. The zero-order valence-electron chi connectivity index (χ0n) is 10.4. The van der Waals surface area contributed by atoms with Crippen LogP contribution in [-0.4, -0.2) is 25.8 Å². The van der Waals surface area contributed by atoms with E-state index in [4.69, 9.17) is 4.74 Å². The minimum absolute atomic E-state index is 0.530. The first kappa shape index (κ1) is 13.0. The standard InChI is InChI=1S/C13H27NO/c1-3-5-6-12(4-2)11-15-13-7-9-14-10-8-13/h12-14H,3-11H2,1-2H3. The van der Waals surface area contributed by atoms with Crippen molar-refractivity contribution < 1.29 is 4.74 Å². The number of nitrogens with one attached hydrogen (secondary N) is 1. The lowest BCUT2D eigenvalue weighted by Gasteiger charge is -2.25. The Balaban J connectivity index is 2.09. The van der Waals surface area contributed by atoms with Crippen molar-refractivity contribution in [3.05, 3.63) is 0 Å². The van der Waals surface area contributed by atoms with Crippen LogP contribution < -0.4 is 5.32 Å². The van der Waals surface area contributed by atoms with E-state index in [1.165, 1.54) is 38.5 Å². The summed E-state index contributed by atoms with van der Waals surface area (Å²) in [6.07, 6.45) is 8.21. The van der Waals surface area contributed by atoms with E-state index in [9.17, 15) is 0 Å². The van der Waals surface area contributed by atoms with Crippen LogP contribution in [0.3, 0.4) is 0 Å². The molecule has 1 rings (SSSR count). The largest absolute Gasteiger partial charge is 0.378 e. The number of ether oxygens (including phenoxy) is 1. The second-order valence-corrected chi connectivity index (χ2v) is 4.70. The van der Waals surface area contributed by atoms with Crippen molar-refractivity contribution in [2.75, 3.05) is 19.7 Å². The topological polar surface area (TPSA) is 21.3 Å². The van der Waals surface area contributed by atoms with Crippen LogP contribution >= 0.6 is 0 Å². The normalized spacial score (nSPS) is 20.4. The Morgan fingerprint density at radius 1 is 1.27 bits per heavy atom. The van der Waals surface area contributed by atoms with Crippen molar-refractivity contribution >= 4 is 0 Å². The van der Waals surface area contributed by atoms with Gasteiger partial charge >= 0.3 is 0 Å². The second kappa shape index (κ2) is 8.12. The van der Waals surface area contributed by atoms with Crippen molar-refractivity contribution in [2.24, 2.45) is 5.92 Å². The van der Waals surface area contributed by atoms with Crippen LogP contribution in [-0.2, 0) is 4.74 Å². The first-order valence-corrected chi connectivity index (χ1v) is 6.69. The van der Waals surface area contributed by atoms with E-state index in [2.05, 4.69) is 19.2 Å². The highest BCUT2D eigenvalue weighted by molar-refractivity contribution is 4.69. The third kappa shape index (κ3) is 5.53. The van der Waals surface area contributed by atoms with Gasteiger partial charge in [0.2, 0.25) is 0 Å². The predicted molar refractivity (Wildman–Crippen MR) is 65.1 cm³/mol. The summed E-state index contributed by atoms with van der Waals surface area (Å²) in [5, 5.41) is 3.37. The van der Waals surface area contributed by atoms with Crippen molar-refractivity contribution in [1.29, 1.82) is 0 Å². The Morgan fingerprint density at radius 2 is 2.00 bits per heavy atom. The van der Waals surface area contributed by atoms with Gasteiger partial charge in [-0.1, -0.05) is 33.1 Å². The minimum Gasteiger partial charge on any atom is -0.378 e. The van der Waals surface area contributed by atoms with Gasteiger partial charge in [-0.15, -0.1) is 0 Å². The molecule has 0 aromatic rings. The maximum Gasteiger partial charge on any atom is 0.0599 e. The van der Waals surface area contributed by atoms with Crippen LogP contribution in [0.1, 0.15) is 52.4 Å². The molecule has 1 aliphatic rings. The maximum atomic E-state index is 5.99. The summed E-state index contributed by atoms with van der Waals surface area (Å²) in [4.78, 5) is 0. The fraction of sp³-hybridized carbons (Fsp3) is 1.00. The fourth-order valence-corrected chi connectivity index (χ4v) is 2.13. The SMILES string of the molecule is CCCCC(CC)COC1CCNCC1. The van der Waals surface area contributed by atoms with Crippen LogP contribution in [0.5, 0.6) is 0 Å². The van der Waals surface area contributed by atoms with E-state index in [-0.39, 0.29) is 0 Å². The molecule has 0 aromatic carbocycles. The molecule has 0 saturated carbocycles. The lowest BCUT2D eigenvalue weighted by Crippen LogP contribution is -2.33. The number of unbranched alkanes of at least 4 members (excludes halogenated alkanes) is 1. The minimum atomic E-state index is 0.530. The van der Waals surface area contributed by atoms with Crippen LogP contribution in [0.25, 0.3) is 0 Å². The van der Waals surface area contributed by atoms with Gasteiger partial charge in [0.25, 0.3) is 0 Å². The number of hydrogen-bond acceptors (Lipinski definition) is 2. The molecule has 1 fully saturated rings. The lowest BCUT2D eigenvalue weighted by atomic mass is 10.0. The average molecular weight is 213 g/mol. The molecule has 1 N–H and O–H groups in total. The summed E-state index contributed by atoms with van der Waals surface area (Å²) >= 11 is 0. The van der Waals surface area contributed by atoms with Gasteiger partial charge in [0.15, 0.2) is 0 Å². The molecule has 1 aliphatic heterocycles. The molecular weight excluding hydrogens is 186 g/mol. The van der Waals surface area contributed by atoms with Crippen LogP contribution in [0.2, 0.25) is 0 Å². The molecule has 0 spiro atoms. The Hall–Kier alpha value is -0.0800. The third-order valence-corrected chi connectivity index (χ3v) is 3.40. The third-order valence-electron chi connectivity index (χ3n) is 3.40. The van der Waals surface area contributed by atoms with Crippen molar-refractivity contribution in [2.45, 2.75) is 58.5 Å². The monoisotopic (exact) mass is 213 g/mol. The van der Waals surface area contributed by atoms with E-state index in [1.807, 2.05) is 0 Å². The van der Waals surface area contributed by atoms with Gasteiger partial charge < -0.3 is 10.1 Å². The second-order valence-electron chi connectivity index (χ2n) is 4.70.